The summed E-state index contributed by atoms with van der Waals surface area (Å²) in [5.74, 6) is 0. The van der Waals surface area contributed by atoms with Gasteiger partial charge in [0.25, 0.3) is 0 Å². The van der Waals surface area contributed by atoms with Crippen molar-refractivity contribution in [3.8, 4) is 0 Å². The number of benzene rings is 4. The highest BCUT2D eigenvalue weighted by molar-refractivity contribution is 7.20. The Hall–Kier alpha value is -4.02. The van der Waals surface area contributed by atoms with E-state index in [1.165, 1.54) is 27.1 Å². The van der Waals surface area contributed by atoms with Crippen LogP contribution in [0.5, 0.6) is 0 Å². The molecule has 152 valence electrons. The smallest absolute Gasteiger partial charge is 0.230 e. The van der Waals surface area contributed by atoms with Crippen LogP contribution in [0.1, 0.15) is 0 Å². The van der Waals surface area contributed by atoms with Crippen molar-refractivity contribution in [3.05, 3.63) is 122 Å². The average Bonchev–Trinajstić information content (AvgIpc) is 3.25. The first-order valence-corrected chi connectivity index (χ1v) is 12.7. The van der Waals surface area contributed by atoms with E-state index in [2.05, 4.69) is 119 Å². The fraction of sp³-hybridized carbons (Fsp3) is 0. The Labute approximate surface area is 187 Å². The van der Waals surface area contributed by atoms with Gasteiger partial charge in [0.2, 0.25) is 5.71 Å². The molecule has 0 bridgehead atoms. The molecule has 0 aliphatic carbocycles. The zero-order valence-corrected chi connectivity index (χ0v) is 18.3. The lowest BCUT2D eigenvalue weighted by molar-refractivity contribution is 0.653. The first-order chi connectivity index (χ1) is 15.9. The summed E-state index contributed by atoms with van der Waals surface area (Å²) < 4.78 is 6.00. The largest absolute Gasteiger partial charge is 0.438 e. The van der Waals surface area contributed by atoms with Gasteiger partial charge in [-0.1, -0.05) is 103 Å². The van der Waals surface area contributed by atoms with Crippen molar-refractivity contribution >= 4 is 50.9 Å². The maximum absolute atomic E-state index is 6.00. The Morgan fingerprint density at radius 1 is 0.562 bits per heavy atom. The number of hydrogen-bond donors (Lipinski definition) is 0. The summed E-state index contributed by atoms with van der Waals surface area (Å²) in [5.41, 5.74) is 1.46. The molecule has 0 radical (unpaired) electrons. The van der Waals surface area contributed by atoms with Crippen molar-refractivity contribution in [2.75, 3.05) is 0 Å². The number of aromatic nitrogens is 2. The zero-order chi connectivity index (χ0) is 21.4. The second-order valence-electron chi connectivity index (χ2n) is 7.90. The van der Waals surface area contributed by atoms with Crippen LogP contribution >= 0.6 is 0 Å². The second-order valence-corrected chi connectivity index (χ2v) is 11.7. The minimum absolute atomic E-state index is 0.624. The van der Waals surface area contributed by atoms with Gasteiger partial charge in [0.05, 0.1) is 5.39 Å². The molecule has 0 unspecified atom stereocenters. The number of nitrogens with zero attached hydrogens (tertiary/aromatic N) is 2. The summed E-state index contributed by atoms with van der Waals surface area (Å²) in [6.45, 7) is 0. The molecular weight excluding hydrogens is 408 g/mol. The van der Waals surface area contributed by atoms with Crippen molar-refractivity contribution in [3.63, 3.8) is 0 Å². The van der Waals surface area contributed by atoms with Gasteiger partial charge in [-0.05, 0) is 26.8 Å². The summed E-state index contributed by atoms with van der Waals surface area (Å²) in [5, 5.41) is 7.35. The van der Waals surface area contributed by atoms with Crippen LogP contribution in [-0.4, -0.2) is 18.0 Å². The van der Waals surface area contributed by atoms with Gasteiger partial charge in [-0.25, -0.2) is 9.97 Å². The molecule has 0 aliphatic rings. The SMILES string of the molecule is c1ccc([Si](c2ccccc2)(c2ccccc2)c2ccc3oc4ncncc4c3c2)cc1. The molecular formula is C28H20N2OSi. The lowest BCUT2D eigenvalue weighted by Crippen LogP contribution is -2.74. The molecule has 0 aliphatic heterocycles. The van der Waals surface area contributed by atoms with Crippen LogP contribution in [0.3, 0.4) is 0 Å². The molecule has 0 saturated heterocycles. The van der Waals surface area contributed by atoms with E-state index in [1.807, 2.05) is 6.20 Å². The van der Waals surface area contributed by atoms with Crippen LogP contribution in [0.2, 0.25) is 0 Å². The van der Waals surface area contributed by atoms with Crippen LogP contribution in [-0.2, 0) is 0 Å². The molecule has 3 nitrogen and oxygen atoms in total. The number of hydrogen-bond acceptors (Lipinski definition) is 3. The lowest BCUT2D eigenvalue weighted by Gasteiger charge is -2.34. The predicted molar refractivity (Wildman–Crippen MR) is 133 cm³/mol. The molecule has 4 aromatic carbocycles. The van der Waals surface area contributed by atoms with Crippen molar-refractivity contribution in [2.24, 2.45) is 0 Å². The summed E-state index contributed by atoms with van der Waals surface area (Å²) in [4.78, 5) is 8.56. The Morgan fingerprint density at radius 3 is 1.69 bits per heavy atom. The Morgan fingerprint density at radius 2 is 1.12 bits per heavy atom. The third kappa shape index (κ3) is 2.81. The lowest BCUT2D eigenvalue weighted by atomic mass is 10.2. The fourth-order valence-electron chi connectivity index (χ4n) is 4.82. The normalized spacial score (nSPS) is 11.8. The van der Waals surface area contributed by atoms with E-state index in [9.17, 15) is 0 Å². The predicted octanol–water partition coefficient (Wildman–Crippen LogP) is 3.75. The number of fused-ring (bicyclic) bond motifs is 3. The molecule has 0 N–H and O–H groups in total. The van der Waals surface area contributed by atoms with E-state index in [1.54, 1.807) is 0 Å². The molecule has 0 fully saturated rings. The van der Waals surface area contributed by atoms with Crippen LogP contribution in [0, 0.1) is 0 Å². The molecule has 0 spiro atoms. The van der Waals surface area contributed by atoms with Gasteiger partial charge in [-0.3, -0.25) is 0 Å². The molecule has 6 rings (SSSR count). The minimum Gasteiger partial charge on any atom is -0.438 e. The van der Waals surface area contributed by atoms with Crippen molar-refractivity contribution < 1.29 is 4.42 Å². The molecule has 0 atom stereocenters. The van der Waals surface area contributed by atoms with E-state index in [-0.39, 0.29) is 0 Å². The van der Waals surface area contributed by atoms with Gasteiger partial charge in [-0.15, -0.1) is 0 Å². The summed E-state index contributed by atoms with van der Waals surface area (Å²) in [7, 11) is -2.56. The number of furan rings is 1. The average molecular weight is 429 g/mol. The fourth-order valence-corrected chi connectivity index (χ4v) is 9.59. The molecule has 2 heterocycles. The monoisotopic (exact) mass is 428 g/mol. The van der Waals surface area contributed by atoms with Crippen LogP contribution in [0.25, 0.3) is 22.1 Å². The third-order valence-electron chi connectivity index (χ3n) is 6.21. The van der Waals surface area contributed by atoms with E-state index in [0.29, 0.717) is 5.71 Å². The van der Waals surface area contributed by atoms with Gasteiger partial charge in [0.1, 0.15) is 11.9 Å². The first kappa shape index (κ1) is 18.7. The summed E-state index contributed by atoms with van der Waals surface area (Å²) >= 11 is 0. The molecule has 6 aromatic rings. The van der Waals surface area contributed by atoms with Crippen LogP contribution in [0.15, 0.2) is 126 Å². The van der Waals surface area contributed by atoms with Crippen molar-refractivity contribution in [1.29, 1.82) is 0 Å². The van der Waals surface area contributed by atoms with Gasteiger partial charge in [0, 0.05) is 11.6 Å². The van der Waals surface area contributed by atoms with Gasteiger partial charge in [0.15, 0.2) is 8.07 Å². The van der Waals surface area contributed by atoms with Crippen molar-refractivity contribution in [2.45, 2.75) is 0 Å². The Balaban J connectivity index is 1.76. The van der Waals surface area contributed by atoms with E-state index in [0.717, 1.165) is 16.4 Å². The van der Waals surface area contributed by atoms with Gasteiger partial charge in [-0.2, -0.15) is 0 Å². The van der Waals surface area contributed by atoms with Crippen molar-refractivity contribution in [1.82, 2.24) is 9.97 Å². The van der Waals surface area contributed by atoms with E-state index in [4.69, 9.17) is 4.42 Å². The van der Waals surface area contributed by atoms with Crippen LogP contribution < -0.4 is 20.7 Å². The van der Waals surface area contributed by atoms with Gasteiger partial charge < -0.3 is 4.42 Å². The number of rotatable bonds is 4. The molecule has 0 amide bonds. The van der Waals surface area contributed by atoms with E-state index >= 15 is 0 Å². The summed E-state index contributed by atoms with van der Waals surface area (Å²) in [6, 6.07) is 39.3. The topological polar surface area (TPSA) is 38.9 Å². The van der Waals surface area contributed by atoms with Gasteiger partial charge >= 0.3 is 0 Å². The Bertz CT molecular complexity index is 1420. The highest BCUT2D eigenvalue weighted by atomic mass is 28.3. The van der Waals surface area contributed by atoms with E-state index < -0.39 is 8.07 Å². The standard InChI is InChI=1S/C28H20N2OSi/c1-4-10-21(11-5-1)32(22-12-6-2-7-13-22,23-14-8-3-9-15-23)24-16-17-27-25(18-24)26-19-29-20-30-28(26)31-27/h1-20H. The molecule has 2 aromatic heterocycles. The highest BCUT2D eigenvalue weighted by Crippen LogP contribution is 2.26. The third-order valence-corrected chi connectivity index (χ3v) is 11.0. The first-order valence-electron chi connectivity index (χ1n) is 10.7. The molecule has 4 heteroatoms. The maximum Gasteiger partial charge on any atom is 0.230 e. The maximum atomic E-state index is 6.00. The minimum atomic E-state index is -2.56. The van der Waals surface area contributed by atoms with Crippen LogP contribution in [0.4, 0.5) is 0 Å². The molecule has 32 heavy (non-hydrogen) atoms. The quantitative estimate of drug-likeness (QED) is 0.317. The zero-order valence-electron chi connectivity index (χ0n) is 17.3. The Kier molecular flexibility index (Phi) is 4.44. The second kappa shape index (κ2) is 7.59. The highest BCUT2D eigenvalue weighted by Gasteiger charge is 2.41. The summed E-state index contributed by atoms with van der Waals surface area (Å²) in [6.07, 6.45) is 3.37. The molecule has 0 saturated carbocycles.